The minimum Gasteiger partial charge on any atom is -0.459 e. The highest BCUT2D eigenvalue weighted by molar-refractivity contribution is 7.88. The molecule has 3 heterocycles. The van der Waals surface area contributed by atoms with Crippen molar-refractivity contribution in [3.05, 3.63) is 24.2 Å². The Balaban J connectivity index is 1.52. The van der Waals surface area contributed by atoms with Crippen molar-refractivity contribution in [2.24, 2.45) is 10.9 Å². The van der Waals surface area contributed by atoms with Crippen molar-refractivity contribution in [1.29, 1.82) is 0 Å². The molecule has 162 valence electrons. The quantitative estimate of drug-likeness (QED) is 0.550. The largest absolute Gasteiger partial charge is 0.459 e. The Morgan fingerprint density at radius 2 is 1.83 bits per heavy atom. The van der Waals surface area contributed by atoms with Crippen molar-refractivity contribution in [2.45, 2.75) is 19.8 Å². The lowest BCUT2D eigenvalue weighted by Gasteiger charge is -2.36. The molecule has 1 aromatic heterocycles. The van der Waals surface area contributed by atoms with Crippen LogP contribution < -0.4 is 5.32 Å². The van der Waals surface area contributed by atoms with Crippen LogP contribution in [0.3, 0.4) is 0 Å². The number of nitrogens with zero attached hydrogens (tertiary/aromatic N) is 4. The fourth-order valence-electron chi connectivity index (χ4n) is 3.74. The highest BCUT2D eigenvalue weighted by atomic mass is 32.2. The van der Waals surface area contributed by atoms with Crippen molar-refractivity contribution in [1.82, 2.24) is 19.4 Å². The number of rotatable bonds is 5. The second-order valence-electron chi connectivity index (χ2n) is 7.56. The first-order chi connectivity index (χ1) is 13.9. The lowest BCUT2D eigenvalue weighted by atomic mass is 9.98. The average molecular weight is 426 g/mol. The summed E-state index contributed by atoms with van der Waals surface area (Å²) in [5.41, 5.74) is 0. The van der Waals surface area contributed by atoms with Crippen LogP contribution in [0, 0.1) is 5.92 Å². The fourth-order valence-corrected chi connectivity index (χ4v) is 4.62. The van der Waals surface area contributed by atoms with Gasteiger partial charge in [-0.15, -0.1) is 0 Å². The maximum absolute atomic E-state index is 12.4. The van der Waals surface area contributed by atoms with Crippen molar-refractivity contribution in [2.75, 3.05) is 58.6 Å². The third kappa shape index (κ3) is 5.72. The van der Waals surface area contributed by atoms with Crippen molar-refractivity contribution in [3.63, 3.8) is 0 Å². The van der Waals surface area contributed by atoms with Gasteiger partial charge in [-0.2, -0.15) is 0 Å². The molecule has 9 nitrogen and oxygen atoms in total. The maximum atomic E-state index is 12.4. The summed E-state index contributed by atoms with van der Waals surface area (Å²) in [4.78, 5) is 21.2. The molecule has 1 aromatic rings. The van der Waals surface area contributed by atoms with Gasteiger partial charge in [0, 0.05) is 52.4 Å². The summed E-state index contributed by atoms with van der Waals surface area (Å²) < 4.78 is 30.1. The molecule has 0 spiro atoms. The van der Waals surface area contributed by atoms with Crippen LogP contribution in [0.5, 0.6) is 0 Å². The van der Waals surface area contributed by atoms with E-state index < -0.39 is 10.0 Å². The second-order valence-corrected chi connectivity index (χ2v) is 9.54. The van der Waals surface area contributed by atoms with Gasteiger partial charge in [0.05, 0.1) is 12.5 Å². The predicted molar refractivity (Wildman–Crippen MR) is 111 cm³/mol. The second kappa shape index (κ2) is 9.62. The monoisotopic (exact) mass is 425 g/mol. The maximum Gasteiger partial charge on any atom is 0.289 e. The van der Waals surface area contributed by atoms with Gasteiger partial charge in [0.2, 0.25) is 10.0 Å². The molecule has 0 bridgehead atoms. The molecule has 2 aliphatic rings. The molecule has 0 saturated carbocycles. The number of aliphatic imine (C=N–C) groups is 1. The van der Waals surface area contributed by atoms with Gasteiger partial charge in [0.15, 0.2) is 11.7 Å². The zero-order chi connectivity index (χ0) is 20.9. The van der Waals surface area contributed by atoms with Crippen molar-refractivity contribution < 1.29 is 17.6 Å². The lowest BCUT2D eigenvalue weighted by molar-refractivity contribution is 0.0657. The van der Waals surface area contributed by atoms with Gasteiger partial charge in [-0.3, -0.25) is 9.79 Å². The van der Waals surface area contributed by atoms with Crippen LogP contribution in [0.15, 0.2) is 27.8 Å². The predicted octanol–water partition coefficient (Wildman–Crippen LogP) is 0.675. The van der Waals surface area contributed by atoms with E-state index in [-0.39, 0.29) is 5.91 Å². The first-order valence-electron chi connectivity index (χ1n) is 10.2. The molecule has 10 heteroatoms. The summed E-state index contributed by atoms with van der Waals surface area (Å²) in [6, 6.07) is 3.41. The van der Waals surface area contributed by atoms with Crippen LogP contribution in [0.25, 0.3) is 0 Å². The summed E-state index contributed by atoms with van der Waals surface area (Å²) >= 11 is 0. The summed E-state index contributed by atoms with van der Waals surface area (Å²) in [7, 11) is -3.10. The number of piperidine rings is 1. The van der Waals surface area contributed by atoms with E-state index >= 15 is 0 Å². The molecule has 1 N–H and O–H groups in total. The summed E-state index contributed by atoms with van der Waals surface area (Å²) in [5, 5.41) is 3.34. The van der Waals surface area contributed by atoms with Gasteiger partial charge < -0.3 is 19.5 Å². The Morgan fingerprint density at radius 3 is 2.38 bits per heavy atom. The minimum absolute atomic E-state index is 0.0748. The number of sulfonamides is 1. The lowest BCUT2D eigenvalue weighted by Crippen LogP contribution is -2.53. The number of furan rings is 1. The zero-order valence-electron chi connectivity index (χ0n) is 17.2. The molecule has 1 amide bonds. The number of amides is 1. The Kier molecular flexibility index (Phi) is 7.18. The summed E-state index contributed by atoms with van der Waals surface area (Å²) in [6.45, 7) is 7.31. The molecule has 0 radical (unpaired) electrons. The van der Waals surface area contributed by atoms with Gasteiger partial charge in [-0.1, -0.05) is 0 Å². The van der Waals surface area contributed by atoms with Crippen LogP contribution >= 0.6 is 0 Å². The number of hydrogen-bond acceptors (Lipinski definition) is 5. The number of nitrogens with one attached hydrogen (secondary N) is 1. The van der Waals surface area contributed by atoms with Gasteiger partial charge in [0.1, 0.15) is 0 Å². The Labute approximate surface area is 172 Å². The molecule has 0 aliphatic carbocycles. The van der Waals surface area contributed by atoms with Gasteiger partial charge in [0.25, 0.3) is 5.91 Å². The highest BCUT2D eigenvalue weighted by Crippen LogP contribution is 2.19. The number of carbonyl (C=O) groups excluding carboxylic acids is 1. The molecule has 29 heavy (non-hydrogen) atoms. The third-order valence-corrected chi connectivity index (χ3v) is 6.78. The molecule has 2 saturated heterocycles. The number of guanidine groups is 1. The first kappa shape index (κ1) is 21.6. The molecule has 3 rings (SSSR count). The Hall–Kier alpha value is -2.07. The molecular weight excluding hydrogens is 394 g/mol. The highest BCUT2D eigenvalue weighted by Gasteiger charge is 2.27. The van der Waals surface area contributed by atoms with Crippen molar-refractivity contribution in [3.8, 4) is 0 Å². The third-order valence-electron chi connectivity index (χ3n) is 5.48. The molecule has 0 atom stereocenters. The van der Waals surface area contributed by atoms with E-state index in [9.17, 15) is 13.2 Å². The van der Waals surface area contributed by atoms with Gasteiger partial charge in [-0.05, 0) is 37.8 Å². The van der Waals surface area contributed by atoms with Crippen LogP contribution in [0.1, 0.15) is 30.3 Å². The molecule has 2 aliphatic heterocycles. The van der Waals surface area contributed by atoms with E-state index in [0.29, 0.717) is 57.5 Å². The number of piperazine rings is 1. The molecule has 0 aromatic carbocycles. The Morgan fingerprint density at radius 1 is 1.17 bits per heavy atom. The summed E-state index contributed by atoms with van der Waals surface area (Å²) in [5.74, 6) is 1.56. The Bertz CT molecular complexity index is 793. The number of hydrogen-bond donors (Lipinski definition) is 1. The molecule has 0 unspecified atom stereocenters. The smallest absolute Gasteiger partial charge is 0.289 e. The van der Waals surface area contributed by atoms with Gasteiger partial charge >= 0.3 is 0 Å². The van der Waals surface area contributed by atoms with Crippen LogP contribution in [0.4, 0.5) is 0 Å². The van der Waals surface area contributed by atoms with E-state index in [1.807, 2.05) is 6.92 Å². The van der Waals surface area contributed by atoms with Gasteiger partial charge in [-0.25, -0.2) is 12.7 Å². The zero-order valence-corrected chi connectivity index (χ0v) is 18.0. The van der Waals surface area contributed by atoms with E-state index in [1.165, 1.54) is 12.5 Å². The molecule has 2 fully saturated rings. The van der Waals surface area contributed by atoms with E-state index in [0.717, 1.165) is 25.3 Å². The van der Waals surface area contributed by atoms with Crippen LogP contribution in [-0.2, 0) is 10.0 Å². The first-order valence-corrected chi connectivity index (χ1v) is 12.0. The fraction of sp³-hybridized carbons (Fsp3) is 0.684. The van der Waals surface area contributed by atoms with Crippen LogP contribution in [0.2, 0.25) is 0 Å². The van der Waals surface area contributed by atoms with Crippen molar-refractivity contribution >= 4 is 21.9 Å². The van der Waals surface area contributed by atoms with E-state index in [4.69, 9.17) is 9.41 Å². The average Bonchev–Trinajstić information content (AvgIpc) is 3.25. The van der Waals surface area contributed by atoms with Crippen LogP contribution in [-0.4, -0.2) is 93.0 Å². The molecular formula is C19H31N5O4S. The van der Waals surface area contributed by atoms with E-state index in [1.54, 1.807) is 21.3 Å². The number of carbonyl (C=O) groups is 1. The minimum atomic E-state index is -3.10. The standard InChI is InChI=1S/C19H31N5O4S/c1-3-20-19(21-15-16-6-8-24(9-7-16)29(2,26)27)23-12-10-22(11-13-23)18(25)17-5-4-14-28-17/h4-5,14,16H,3,6-13,15H2,1-2H3,(H,20,21). The summed E-state index contributed by atoms with van der Waals surface area (Å²) in [6.07, 6.45) is 4.45. The van der Waals surface area contributed by atoms with E-state index in [2.05, 4.69) is 10.2 Å². The SMILES string of the molecule is CCNC(=NCC1CCN(S(C)(=O)=O)CC1)N1CCN(C(=O)c2ccco2)CC1. The topological polar surface area (TPSA) is 98.5 Å². The normalized spacial score (nSPS) is 20.1.